The normalized spacial score (nSPS) is 15.2. The van der Waals surface area contributed by atoms with Crippen LogP contribution in [0.5, 0.6) is 0 Å². The zero-order valence-electron chi connectivity index (χ0n) is 3.16. The first kappa shape index (κ1) is 5.21. The van der Waals surface area contributed by atoms with Gasteiger partial charge in [0, 0.05) is 12.5 Å². The molecule has 0 saturated heterocycles. The predicted octanol–water partition coefficient (Wildman–Crippen LogP) is 1.82. The van der Waals surface area contributed by atoms with Gasteiger partial charge in [-0.05, 0) is 0 Å². The molecule has 0 aromatic heterocycles. The predicted molar refractivity (Wildman–Crippen MR) is 21.7 cm³/mol. The first-order valence-electron chi connectivity index (χ1n) is 1.13. The van der Waals surface area contributed by atoms with Crippen molar-refractivity contribution in [1.82, 2.24) is 0 Å². The number of hydrogen-bond acceptors (Lipinski definition) is 0. The maximum atomic E-state index is 11.1. The summed E-state index contributed by atoms with van der Waals surface area (Å²) in [5.41, 5.74) is 0. The van der Waals surface area contributed by atoms with Crippen LogP contribution >= 0.6 is 10.8 Å². The molecule has 0 bridgehead atoms. The minimum Gasteiger partial charge on any atom is -0.158 e. The second kappa shape index (κ2) is 1.12. The molecule has 0 rings (SSSR count). The molecule has 0 aliphatic heterocycles. The van der Waals surface area contributed by atoms with Gasteiger partial charge in [-0.15, -0.1) is 0 Å². The van der Waals surface area contributed by atoms with E-state index in [1.165, 1.54) is 0 Å². The SMILES string of the molecule is CS(C)(F)F. The molecule has 0 amide bonds. The highest BCUT2D eigenvalue weighted by molar-refractivity contribution is 8.24. The van der Waals surface area contributed by atoms with Gasteiger partial charge < -0.3 is 0 Å². The van der Waals surface area contributed by atoms with Crippen molar-refractivity contribution in [3.63, 3.8) is 0 Å². The molecule has 0 fully saturated rings. The van der Waals surface area contributed by atoms with E-state index in [2.05, 4.69) is 0 Å². The molecule has 0 unspecified atom stereocenters. The summed E-state index contributed by atoms with van der Waals surface area (Å²) in [6, 6.07) is 0. The second-order valence-corrected chi connectivity index (χ2v) is 3.25. The summed E-state index contributed by atoms with van der Waals surface area (Å²) < 4.78 is 22.2. The van der Waals surface area contributed by atoms with E-state index in [9.17, 15) is 7.77 Å². The van der Waals surface area contributed by atoms with E-state index in [1.807, 2.05) is 0 Å². The molecule has 0 aliphatic carbocycles. The molecule has 0 N–H and O–H groups in total. The second-order valence-electron chi connectivity index (χ2n) is 1.08. The van der Waals surface area contributed by atoms with Crippen LogP contribution in [0.15, 0.2) is 0 Å². The third-order valence-corrected chi connectivity index (χ3v) is 0. The fraction of sp³-hybridized carbons (Fsp3) is 1.00. The Labute approximate surface area is 32.1 Å². The topological polar surface area (TPSA) is 0 Å². The summed E-state index contributed by atoms with van der Waals surface area (Å²) in [4.78, 5) is 0. The van der Waals surface area contributed by atoms with Crippen LogP contribution in [-0.4, -0.2) is 12.5 Å². The van der Waals surface area contributed by atoms with Crippen LogP contribution in [0.25, 0.3) is 0 Å². The van der Waals surface area contributed by atoms with Crippen LogP contribution in [0.4, 0.5) is 7.77 Å². The summed E-state index contributed by atoms with van der Waals surface area (Å²) in [7, 11) is -3.17. The molecule has 0 heterocycles. The highest BCUT2D eigenvalue weighted by Crippen LogP contribution is 2.42. The maximum absolute atomic E-state index is 11.1. The van der Waals surface area contributed by atoms with Crippen molar-refractivity contribution in [2.24, 2.45) is 0 Å². The first-order valence-corrected chi connectivity index (χ1v) is 3.38. The Hall–Kier alpha value is 0.210. The van der Waals surface area contributed by atoms with Crippen molar-refractivity contribution in [2.45, 2.75) is 0 Å². The van der Waals surface area contributed by atoms with Gasteiger partial charge in [-0.1, -0.05) is 0 Å². The molecule has 0 aromatic rings. The van der Waals surface area contributed by atoms with Crippen LogP contribution in [0, 0.1) is 0 Å². The van der Waals surface area contributed by atoms with Crippen molar-refractivity contribution in [3.8, 4) is 0 Å². The van der Waals surface area contributed by atoms with Crippen molar-refractivity contribution in [1.29, 1.82) is 0 Å². The third kappa shape index (κ3) is 466. The first-order chi connectivity index (χ1) is 2.00. The fourth-order valence-electron chi connectivity index (χ4n) is 0. The smallest absolute Gasteiger partial charge is 0.0515 e. The molecular weight excluding hydrogens is 94.1 g/mol. The molecule has 3 heteroatoms. The lowest BCUT2D eigenvalue weighted by Gasteiger charge is -2.01. The quantitative estimate of drug-likeness (QED) is 0.435. The van der Waals surface area contributed by atoms with Crippen LogP contribution in [0.3, 0.4) is 0 Å². The molecule has 0 aliphatic rings. The third-order valence-electron chi connectivity index (χ3n) is 0. The minimum atomic E-state index is -3.17. The van der Waals surface area contributed by atoms with Gasteiger partial charge in [-0.25, -0.2) is 0 Å². The zero-order valence-corrected chi connectivity index (χ0v) is 3.98. The molecular formula is C2H6F2S. The van der Waals surface area contributed by atoms with Crippen molar-refractivity contribution < 1.29 is 7.77 Å². The lowest BCUT2D eigenvalue weighted by atomic mass is 11.9. The van der Waals surface area contributed by atoms with E-state index in [0.29, 0.717) is 0 Å². The van der Waals surface area contributed by atoms with Crippen molar-refractivity contribution >= 4 is 10.8 Å². The summed E-state index contributed by atoms with van der Waals surface area (Å²) in [6.07, 6.45) is 1.88. The molecule has 5 heavy (non-hydrogen) atoms. The van der Waals surface area contributed by atoms with E-state index in [4.69, 9.17) is 0 Å². The zero-order chi connectivity index (χ0) is 4.50. The number of hydrogen-bond donors (Lipinski definition) is 0. The van der Waals surface area contributed by atoms with E-state index in [0.717, 1.165) is 12.5 Å². The van der Waals surface area contributed by atoms with Gasteiger partial charge >= 0.3 is 0 Å². The standard InChI is InChI=1S/C2H6F2S/c1-5(2,3)4/h1-2H3. The van der Waals surface area contributed by atoms with Crippen molar-refractivity contribution in [3.05, 3.63) is 0 Å². The molecule has 0 radical (unpaired) electrons. The molecule has 0 aromatic carbocycles. The van der Waals surface area contributed by atoms with Gasteiger partial charge in [-0.2, -0.15) is 7.77 Å². The van der Waals surface area contributed by atoms with Gasteiger partial charge in [0.25, 0.3) is 0 Å². The Kier molecular flexibility index (Phi) is 1.17. The molecule has 34 valence electrons. The Balaban J connectivity index is 3.02. The largest absolute Gasteiger partial charge is 0.158 e. The van der Waals surface area contributed by atoms with Gasteiger partial charge in [0.1, 0.15) is 0 Å². The fourth-order valence-corrected chi connectivity index (χ4v) is 0. The maximum Gasteiger partial charge on any atom is 0.0515 e. The van der Waals surface area contributed by atoms with E-state index in [-0.39, 0.29) is 0 Å². The van der Waals surface area contributed by atoms with E-state index >= 15 is 0 Å². The van der Waals surface area contributed by atoms with E-state index in [1.54, 1.807) is 0 Å². The Morgan fingerprint density at radius 1 is 1.20 bits per heavy atom. The Morgan fingerprint density at radius 3 is 1.20 bits per heavy atom. The highest BCUT2D eigenvalue weighted by atomic mass is 32.3. The molecule has 0 nitrogen and oxygen atoms in total. The highest BCUT2D eigenvalue weighted by Gasteiger charge is 2.00. The minimum absolute atomic E-state index is 0.938. The van der Waals surface area contributed by atoms with Crippen molar-refractivity contribution in [2.75, 3.05) is 12.5 Å². The number of halogens is 2. The monoisotopic (exact) mass is 100 g/mol. The lowest BCUT2D eigenvalue weighted by Crippen LogP contribution is -1.67. The molecule has 0 atom stereocenters. The van der Waals surface area contributed by atoms with Gasteiger partial charge in [0.15, 0.2) is 0 Å². The van der Waals surface area contributed by atoms with Crippen LogP contribution in [0.1, 0.15) is 0 Å². The number of rotatable bonds is 0. The molecule has 0 saturated carbocycles. The van der Waals surface area contributed by atoms with E-state index < -0.39 is 10.8 Å². The average molecular weight is 100 g/mol. The lowest BCUT2D eigenvalue weighted by molar-refractivity contribution is 0.766. The summed E-state index contributed by atoms with van der Waals surface area (Å²) in [6.45, 7) is 0. The van der Waals surface area contributed by atoms with Gasteiger partial charge in [-0.3, -0.25) is 0 Å². The van der Waals surface area contributed by atoms with Gasteiger partial charge in [0.05, 0.1) is 10.8 Å². The van der Waals surface area contributed by atoms with Crippen LogP contribution in [0.2, 0.25) is 0 Å². The Bertz CT molecular complexity index is 23.1. The Morgan fingerprint density at radius 2 is 1.20 bits per heavy atom. The van der Waals surface area contributed by atoms with Crippen LogP contribution < -0.4 is 0 Å². The summed E-state index contributed by atoms with van der Waals surface area (Å²) in [5.74, 6) is 0. The summed E-state index contributed by atoms with van der Waals surface area (Å²) >= 11 is 0. The molecule has 0 spiro atoms. The van der Waals surface area contributed by atoms with Crippen LogP contribution in [-0.2, 0) is 0 Å². The summed E-state index contributed by atoms with van der Waals surface area (Å²) in [5, 5.41) is 0. The van der Waals surface area contributed by atoms with Gasteiger partial charge in [0.2, 0.25) is 0 Å². The average Bonchev–Trinajstić information content (AvgIpc) is 0.722.